The Kier molecular flexibility index (Phi) is 6.40. The molecule has 7 heteroatoms. The van der Waals surface area contributed by atoms with Gasteiger partial charge in [-0.05, 0) is 57.9 Å². The quantitative estimate of drug-likeness (QED) is 0.376. The van der Waals surface area contributed by atoms with E-state index in [4.69, 9.17) is 9.72 Å². The van der Waals surface area contributed by atoms with Crippen LogP contribution >= 0.6 is 0 Å². The Bertz CT molecular complexity index is 1360. The zero-order chi connectivity index (χ0) is 23.7. The van der Waals surface area contributed by atoms with Gasteiger partial charge in [0.25, 0.3) is 0 Å². The standard InChI is InChI=1S/C26H32N4O3/c1-6-9-19(14-23(31)33-7-2)30-25-22(13-12-17(4)28-25)29(26(30)32)18(5)20-15-27-21-11-8-10-16(3)24(20)21/h8,10-13,15,18-19,27H,6-7,9,14H2,1-5H3. The minimum atomic E-state index is -0.309. The average Bonchev–Trinajstić information content (AvgIpc) is 3.32. The van der Waals surface area contributed by atoms with Crippen LogP contribution in [-0.4, -0.2) is 31.7 Å². The largest absolute Gasteiger partial charge is 0.466 e. The van der Waals surface area contributed by atoms with Gasteiger partial charge in [-0.3, -0.25) is 13.9 Å². The molecule has 2 atom stereocenters. The number of H-pyrrole nitrogens is 1. The molecule has 0 spiro atoms. The lowest BCUT2D eigenvalue weighted by Gasteiger charge is -2.17. The maximum atomic E-state index is 13.9. The molecule has 0 aliphatic carbocycles. The summed E-state index contributed by atoms with van der Waals surface area (Å²) in [5.41, 5.74) is 5.33. The first-order valence-corrected chi connectivity index (χ1v) is 11.7. The van der Waals surface area contributed by atoms with Gasteiger partial charge in [0.15, 0.2) is 5.65 Å². The number of nitrogens with zero attached hydrogens (tertiary/aromatic N) is 3. The highest BCUT2D eigenvalue weighted by Crippen LogP contribution is 2.31. The first-order chi connectivity index (χ1) is 15.9. The predicted octanol–water partition coefficient (Wildman–Crippen LogP) is 5.20. The third-order valence-corrected chi connectivity index (χ3v) is 6.37. The van der Waals surface area contributed by atoms with Gasteiger partial charge < -0.3 is 9.72 Å². The lowest BCUT2D eigenvalue weighted by molar-refractivity contribution is -0.144. The number of aryl methyl sites for hydroxylation is 2. The van der Waals surface area contributed by atoms with Gasteiger partial charge in [-0.2, -0.15) is 0 Å². The van der Waals surface area contributed by atoms with Gasteiger partial charge in [0.05, 0.1) is 30.6 Å². The molecule has 0 saturated heterocycles. The molecule has 0 radical (unpaired) electrons. The molecule has 3 aromatic heterocycles. The number of hydrogen-bond acceptors (Lipinski definition) is 4. The van der Waals surface area contributed by atoms with E-state index in [1.165, 1.54) is 0 Å². The van der Waals surface area contributed by atoms with Crippen molar-refractivity contribution in [2.24, 2.45) is 0 Å². The molecule has 1 N–H and O–H groups in total. The Morgan fingerprint density at radius 1 is 1.15 bits per heavy atom. The van der Waals surface area contributed by atoms with E-state index >= 15 is 0 Å². The number of benzene rings is 1. The SMILES string of the molecule is CCCC(CC(=O)OCC)n1c(=O)n(C(C)c2c[nH]c3cccc(C)c23)c2ccc(C)nc21. The highest BCUT2D eigenvalue weighted by Gasteiger charge is 2.27. The summed E-state index contributed by atoms with van der Waals surface area (Å²) in [7, 11) is 0. The summed E-state index contributed by atoms with van der Waals surface area (Å²) in [4.78, 5) is 34.4. The van der Waals surface area contributed by atoms with E-state index in [1.54, 1.807) is 11.5 Å². The second kappa shape index (κ2) is 9.25. The summed E-state index contributed by atoms with van der Waals surface area (Å²) in [6.07, 6.45) is 3.67. The zero-order valence-electron chi connectivity index (χ0n) is 20.0. The van der Waals surface area contributed by atoms with Gasteiger partial charge in [0, 0.05) is 28.4 Å². The van der Waals surface area contributed by atoms with Crippen LogP contribution in [0.15, 0.2) is 41.3 Å². The normalized spacial score (nSPS) is 13.5. The molecule has 0 fully saturated rings. The number of imidazole rings is 1. The number of aromatic nitrogens is 4. The van der Waals surface area contributed by atoms with Crippen molar-refractivity contribution in [3.8, 4) is 0 Å². The highest BCUT2D eigenvalue weighted by atomic mass is 16.5. The predicted molar refractivity (Wildman–Crippen MR) is 131 cm³/mol. The van der Waals surface area contributed by atoms with E-state index < -0.39 is 0 Å². The van der Waals surface area contributed by atoms with Crippen LogP contribution in [0.1, 0.15) is 68.9 Å². The Balaban J connectivity index is 1.92. The fraction of sp³-hybridized carbons (Fsp3) is 0.423. The molecule has 1 aromatic carbocycles. The van der Waals surface area contributed by atoms with Crippen molar-refractivity contribution in [1.29, 1.82) is 0 Å². The summed E-state index contributed by atoms with van der Waals surface area (Å²) >= 11 is 0. The number of pyridine rings is 1. The lowest BCUT2D eigenvalue weighted by Crippen LogP contribution is -2.31. The molecule has 0 aliphatic rings. The van der Waals surface area contributed by atoms with E-state index in [2.05, 4.69) is 24.9 Å². The number of carbonyl (C=O) groups excluding carboxylic acids is 1. The Labute approximate surface area is 193 Å². The first-order valence-electron chi connectivity index (χ1n) is 11.7. The Hall–Kier alpha value is -3.35. The maximum Gasteiger partial charge on any atom is 0.331 e. The molecule has 0 bridgehead atoms. The third-order valence-electron chi connectivity index (χ3n) is 6.37. The summed E-state index contributed by atoms with van der Waals surface area (Å²) < 4.78 is 8.72. The molecule has 174 valence electrons. The summed E-state index contributed by atoms with van der Waals surface area (Å²) in [5.74, 6) is -0.295. The second-order valence-corrected chi connectivity index (χ2v) is 8.69. The molecular weight excluding hydrogens is 416 g/mol. The molecule has 4 aromatic rings. The van der Waals surface area contributed by atoms with Crippen molar-refractivity contribution in [2.75, 3.05) is 6.61 Å². The van der Waals surface area contributed by atoms with Crippen molar-refractivity contribution in [3.05, 3.63) is 63.8 Å². The lowest BCUT2D eigenvalue weighted by atomic mass is 10.0. The smallest absolute Gasteiger partial charge is 0.331 e. The summed E-state index contributed by atoms with van der Waals surface area (Å²) in [6, 6.07) is 9.52. The average molecular weight is 449 g/mol. The van der Waals surface area contributed by atoms with E-state index in [1.807, 2.05) is 48.9 Å². The van der Waals surface area contributed by atoms with Crippen molar-refractivity contribution >= 4 is 28.0 Å². The number of aromatic amines is 1. The van der Waals surface area contributed by atoms with E-state index in [0.29, 0.717) is 18.7 Å². The van der Waals surface area contributed by atoms with Gasteiger partial charge in [-0.25, -0.2) is 9.78 Å². The van der Waals surface area contributed by atoms with Crippen molar-refractivity contribution < 1.29 is 9.53 Å². The number of fused-ring (bicyclic) bond motifs is 2. The zero-order valence-corrected chi connectivity index (χ0v) is 20.0. The topological polar surface area (TPSA) is 81.9 Å². The molecule has 7 nitrogen and oxygen atoms in total. The van der Waals surface area contributed by atoms with Crippen LogP contribution in [0.25, 0.3) is 22.1 Å². The van der Waals surface area contributed by atoms with Crippen LogP contribution in [0.2, 0.25) is 0 Å². The monoisotopic (exact) mass is 448 g/mol. The molecule has 0 amide bonds. The molecule has 0 saturated carbocycles. The fourth-order valence-corrected chi connectivity index (χ4v) is 4.85. The van der Waals surface area contributed by atoms with Crippen molar-refractivity contribution in [2.45, 2.75) is 66.0 Å². The molecule has 4 rings (SSSR count). The van der Waals surface area contributed by atoms with Crippen LogP contribution in [0.4, 0.5) is 0 Å². The fourth-order valence-electron chi connectivity index (χ4n) is 4.85. The first kappa shape index (κ1) is 22.8. The van der Waals surface area contributed by atoms with E-state index in [9.17, 15) is 9.59 Å². The minimum absolute atomic E-state index is 0.150. The van der Waals surface area contributed by atoms with Crippen LogP contribution in [0.3, 0.4) is 0 Å². The Morgan fingerprint density at radius 2 is 1.94 bits per heavy atom. The molecular formula is C26H32N4O3. The van der Waals surface area contributed by atoms with Gasteiger partial charge in [0.2, 0.25) is 0 Å². The number of hydrogen-bond donors (Lipinski definition) is 1. The third kappa shape index (κ3) is 4.08. The van der Waals surface area contributed by atoms with Crippen LogP contribution < -0.4 is 5.69 Å². The number of ether oxygens (including phenoxy) is 1. The van der Waals surface area contributed by atoms with Gasteiger partial charge in [0.1, 0.15) is 0 Å². The number of nitrogens with one attached hydrogen (secondary N) is 1. The molecule has 0 aliphatic heterocycles. The van der Waals surface area contributed by atoms with Crippen LogP contribution in [0, 0.1) is 13.8 Å². The van der Waals surface area contributed by atoms with E-state index in [-0.39, 0.29) is 30.2 Å². The number of esters is 1. The maximum absolute atomic E-state index is 13.9. The van der Waals surface area contributed by atoms with Crippen LogP contribution in [0.5, 0.6) is 0 Å². The number of rotatable bonds is 8. The Morgan fingerprint density at radius 3 is 2.67 bits per heavy atom. The highest BCUT2D eigenvalue weighted by molar-refractivity contribution is 5.87. The number of carbonyl (C=O) groups is 1. The molecule has 2 unspecified atom stereocenters. The van der Waals surface area contributed by atoms with Crippen molar-refractivity contribution in [1.82, 2.24) is 19.1 Å². The van der Waals surface area contributed by atoms with Gasteiger partial charge in [-0.15, -0.1) is 0 Å². The molecule has 3 heterocycles. The van der Waals surface area contributed by atoms with Gasteiger partial charge in [-0.1, -0.05) is 25.5 Å². The van der Waals surface area contributed by atoms with E-state index in [0.717, 1.165) is 39.7 Å². The minimum Gasteiger partial charge on any atom is -0.466 e. The summed E-state index contributed by atoms with van der Waals surface area (Å²) in [6.45, 7) is 10.2. The summed E-state index contributed by atoms with van der Waals surface area (Å²) in [5, 5.41) is 1.13. The van der Waals surface area contributed by atoms with Gasteiger partial charge >= 0.3 is 11.7 Å². The van der Waals surface area contributed by atoms with Crippen molar-refractivity contribution in [3.63, 3.8) is 0 Å². The van der Waals surface area contributed by atoms with Crippen LogP contribution in [-0.2, 0) is 9.53 Å². The molecule has 33 heavy (non-hydrogen) atoms. The second-order valence-electron chi connectivity index (χ2n) is 8.69.